The highest BCUT2D eigenvalue weighted by Crippen LogP contribution is 2.35. The van der Waals surface area contributed by atoms with E-state index in [9.17, 15) is 14.9 Å². The van der Waals surface area contributed by atoms with Gasteiger partial charge in [0.15, 0.2) is 0 Å². The van der Waals surface area contributed by atoms with E-state index in [2.05, 4.69) is 10.6 Å². The highest BCUT2D eigenvalue weighted by Gasteiger charge is 2.22. The van der Waals surface area contributed by atoms with E-state index in [1.54, 1.807) is 6.20 Å². The second kappa shape index (κ2) is 5.51. The van der Waals surface area contributed by atoms with Crippen molar-refractivity contribution in [2.24, 2.45) is 5.92 Å². The number of hydrogen-bond acceptors (Lipinski definition) is 3. The van der Waals surface area contributed by atoms with Crippen LogP contribution in [0.25, 0.3) is 0 Å². The van der Waals surface area contributed by atoms with Gasteiger partial charge in [0.2, 0.25) is 0 Å². The zero-order valence-electron chi connectivity index (χ0n) is 10.6. The van der Waals surface area contributed by atoms with Crippen molar-refractivity contribution in [3.8, 4) is 0 Å². The summed E-state index contributed by atoms with van der Waals surface area (Å²) in [6.07, 6.45) is 4.08. The number of nitro benzene ring substituents is 1. The maximum absolute atomic E-state index is 11.6. The number of urea groups is 1. The van der Waals surface area contributed by atoms with Gasteiger partial charge in [-0.25, -0.2) is 4.79 Å². The molecule has 2 N–H and O–H groups in total. The first-order valence-corrected chi connectivity index (χ1v) is 6.05. The average molecular weight is 261 g/mol. The van der Waals surface area contributed by atoms with Crippen molar-refractivity contribution >= 4 is 17.4 Å². The van der Waals surface area contributed by atoms with Crippen molar-refractivity contribution in [1.29, 1.82) is 0 Å². The molecule has 6 nitrogen and oxygen atoms in total. The van der Waals surface area contributed by atoms with Gasteiger partial charge in [-0.15, -0.1) is 0 Å². The molecule has 1 aromatic rings. The van der Waals surface area contributed by atoms with Crippen molar-refractivity contribution in [2.45, 2.75) is 19.8 Å². The highest BCUT2D eigenvalue weighted by atomic mass is 16.6. The van der Waals surface area contributed by atoms with Crippen LogP contribution in [-0.2, 0) is 0 Å². The van der Waals surface area contributed by atoms with Gasteiger partial charge in [0, 0.05) is 24.0 Å². The van der Waals surface area contributed by atoms with E-state index >= 15 is 0 Å². The predicted molar refractivity (Wildman–Crippen MR) is 71.7 cm³/mol. The van der Waals surface area contributed by atoms with Gasteiger partial charge in [0.1, 0.15) is 0 Å². The number of carbonyl (C=O) groups excluding carboxylic acids is 1. The summed E-state index contributed by atoms with van der Waals surface area (Å²) in [4.78, 5) is 21.6. The number of rotatable bonds is 4. The molecular weight excluding hydrogens is 246 g/mol. The number of allylic oxidation sites excluding steroid dienone is 1. The van der Waals surface area contributed by atoms with Crippen LogP contribution < -0.4 is 10.6 Å². The Hall–Kier alpha value is -2.37. The average Bonchev–Trinajstić information content (AvgIpc) is 3.21. The van der Waals surface area contributed by atoms with Crippen LogP contribution in [0.1, 0.15) is 19.8 Å². The number of hydrogen-bond donors (Lipinski definition) is 2. The molecule has 1 fully saturated rings. The largest absolute Gasteiger partial charge is 0.323 e. The molecule has 2 rings (SSSR count). The molecule has 0 heterocycles. The number of anilines is 1. The van der Waals surface area contributed by atoms with Crippen LogP contribution >= 0.6 is 0 Å². The molecule has 19 heavy (non-hydrogen) atoms. The summed E-state index contributed by atoms with van der Waals surface area (Å²) in [7, 11) is 0. The van der Waals surface area contributed by atoms with Gasteiger partial charge in [-0.3, -0.25) is 10.1 Å². The minimum Gasteiger partial charge on any atom is -0.314 e. The van der Waals surface area contributed by atoms with Gasteiger partial charge in [-0.1, -0.05) is 5.57 Å². The second-order valence-corrected chi connectivity index (χ2v) is 4.57. The fourth-order valence-electron chi connectivity index (χ4n) is 1.67. The smallest absolute Gasteiger partial charge is 0.314 e. The number of non-ortho nitro benzene ring substituents is 1. The third kappa shape index (κ3) is 3.80. The molecule has 1 aliphatic rings. The first kappa shape index (κ1) is 13.1. The molecule has 0 radical (unpaired) electrons. The summed E-state index contributed by atoms with van der Waals surface area (Å²) in [6.45, 7) is 1.99. The van der Waals surface area contributed by atoms with Crippen LogP contribution in [0.3, 0.4) is 0 Å². The first-order valence-electron chi connectivity index (χ1n) is 6.05. The molecule has 1 aromatic carbocycles. The van der Waals surface area contributed by atoms with Crippen molar-refractivity contribution in [1.82, 2.24) is 5.32 Å². The lowest BCUT2D eigenvalue weighted by Gasteiger charge is -2.05. The molecular formula is C13H15N3O3. The molecule has 0 bridgehead atoms. The molecule has 2 amide bonds. The van der Waals surface area contributed by atoms with Crippen LogP contribution in [0.15, 0.2) is 36.0 Å². The molecule has 0 aliphatic heterocycles. The Bertz CT molecular complexity index is 518. The Morgan fingerprint density at radius 1 is 1.37 bits per heavy atom. The lowest BCUT2D eigenvalue weighted by molar-refractivity contribution is -0.384. The normalized spacial score (nSPS) is 14.9. The minimum atomic E-state index is -0.481. The second-order valence-electron chi connectivity index (χ2n) is 4.57. The van der Waals surface area contributed by atoms with Gasteiger partial charge in [-0.2, -0.15) is 0 Å². The van der Waals surface area contributed by atoms with Crippen LogP contribution in [0, 0.1) is 16.0 Å². The number of nitro groups is 1. The molecule has 0 spiro atoms. The predicted octanol–water partition coefficient (Wildman–Crippen LogP) is 3.03. The molecule has 0 atom stereocenters. The van der Waals surface area contributed by atoms with Gasteiger partial charge in [0.25, 0.3) is 5.69 Å². The standard InChI is InChI=1S/C13H15N3O3/c1-9(10-2-3-10)8-14-13(17)15-11-4-6-12(7-5-11)16(18)19/h4-8,10H,2-3H2,1H3,(H2,14,15,17)/b9-8+. The Labute approximate surface area is 110 Å². The number of nitrogens with one attached hydrogen (secondary N) is 2. The topological polar surface area (TPSA) is 84.3 Å². The number of amides is 2. The number of carbonyl (C=O) groups is 1. The number of nitrogens with zero attached hydrogens (tertiary/aromatic N) is 1. The lowest BCUT2D eigenvalue weighted by atomic mass is 10.2. The van der Waals surface area contributed by atoms with Crippen LogP contribution in [-0.4, -0.2) is 11.0 Å². The Kier molecular flexibility index (Phi) is 3.79. The van der Waals surface area contributed by atoms with Crippen molar-refractivity contribution in [3.63, 3.8) is 0 Å². The van der Waals surface area contributed by atoms with E-state index in [1.165, 1.54) is 42.7 Å². The zero-order valence-corrected chi connectivity index (χ0v) is 10.6. The van der Waals surface area contributed by atoms with Crippen molar-refractivity contribution in [3.05, 3.63) is 46.2 Å². The zero-order chi connectivity index (χ0) is 13.8. The van der Waals surface area contributed by atoms with Gasteiger partial charge in [0.05, 0.1) is 4.92 Å². The summed E-state index contributed by atoms with van der Waals surface area (Å²) in [6, 6.07) is 5.33. The SMILES string of the molecule is C/C(=C\NC(=O)Nc1ccc([N+](=O)[O-])cc1)C1CC1. The maximum Gasteiger partial charge on any atom is 0.323 e. The summed E-state index contributed by atoms with van der Waals surface area (Å²) < 4.78 is 0. The number of benzene rings is 1. The Morgan fingerprint density at radius 3 is 2.53 bits per heavy atom. The first-order chi connectivity index (χ1) is 9.06. The van der Waals surface area contributed by atoms with Crippen LogP contribution in [0.2, 0.25) is 0 Å². The maximum atomic E-state index is 11.6. The van der Waals surface area contributed by atoms with Gasteiger partial charge < -0.3 is 10.6 Å². The fourth-order valence-corrected chi connectivity index (χ4v) is 1.67. The molecule has 1 saturated carbocycles. The van der Waals surface area contributed by atoms with E-state index in [-0.39, 0.29) is 11.7 Å². The fraction of sp³-hybridized carbons (Fsp3) is 0.308. The molecule has 0 aromatic heterocycles. The summed E-state index contributed by atoms with van der Waals surface area (Å²) >= 11 is 0. The summed E-state index contributed by atoms with van der Waals surface area (Å²) in [5, 5.41) is 15.7. The van der Waals surface area contributed by atoms with E-state index in [4.69, 9.17) is 0 Å². The van der Waals surface area contributed by atoms with E-state index in [0.717, 1.165) is 0 Å². The summed E-state index contributed by atoms with van der Waals surface area (Å²) in [5.41, 5.74) is 1.68. The van der Waals surface area contributed by atoms with Gasteiger partial charge >= 0.3 is 6.03 Å². The third-order valence-corrected chi connectivity index (χ3v) is 2.99. The Morgan fingerprint density at radius 2 is 2.00 bits per heavy atom. The minimum absolute atomic E-state index is 0.00423. The van der Waals surface area contributed by atoms with E-state index in [1.807, 2.05) is 6.92 Å². The monoisotopic (exact) mass is 261 g/mol. The quantitative estimate of drug-likeness (QED) is 0.645. The molecule has 100 valence electrons. The molecule has 0 unspecified atom stereocenters. The van der Waals surface area contributed by atoms with E-state index in [0.29, 0.717) is 11.6 Å². The van der Waals surface area contributed by atoms with Gasteiger partial charge in [-0.05, 0) is 37.8 Å². The van der Waals surface area contributed by atoms with Crippen molar-refractivity contribution in [2.75, 3.05) is 5.32 Å². The Balaban J connectivity index is 1.87. The molecule has 6 heteroatoms. The van der Waals surface area contributed by atoms with E-state index < -0.39 is 4.92 Å². The molecule has 0 saturated heterocycles. The van der Waals surface area contributed by atoms with Crippen molar-refractivity contribution < 1.29 is 9.72 Å². The summed E-state index contributed by atoms with van der Waals surface area (Å²) in [5.74, 6) is 0.611. The van der Waals surface area contributed by atoms with Crippen LogP contribution in [0.5, 0.6) is 0 Å². The lowest BCUT2D eigenvalue weighted by Crippen LogP contribution is -2.24. The molecule has 1 aliphatic carbocycles. The highest BCUT2D eigenvalue weighted by molar-refractivity contribution is 5.90. The third-order valence-electron chi connectivity index (χ3n) is 2.99. The van der Waals surface area contributed by atoms with Crippen LogP contribution in [0.4, 0.5) is 16.2 Å².